The molecule has 90 valence electrons. The average Bonchev–Trinajstić information content (AvgIpc) is 2.28. The molecule has 0 fully saturated rings. The van der Waals surface area contributed by atoms with Crippen molar-refractivity contribution in [1.82, 2.24) is 9.71 Å². The first-order valence-electron chi connectivity index (χ1n) is 4.60. The summed E-state index contributed by atoms with van der Waals surface area (Å²) in [6.45, 7) is -0.114. The Morgan fingerprint density at radius 3 is 2.88 bits per heavy atom. The van der Waals surface area contributed by atoms with Gasteiger partial charge < -0.3 is 5.73 Å². The molecule has 0 aliphatic rings. The normalized spacial score (nSPS) is 10.8. The number of primary amides is 1. The van der Waals surface area contributed by atoms with Crippen molar-refractivity contribution < 1.29 is 13.2 Å². The van der Waals surface area contributed by atoms with Crippen LogP contribution in [0.15, 0.2) is 23.2 Å². The SMILES string of the molecule is N#Cc1ncccc1S(=O)(=O)NCCC(N)=O. The molecule has 0 unspecified atom stereocenters. The fourth-order valence-electron chi connectivity index (χ4n) is 1.08. The molecule has 1 heterocycles. The second-order valence-corrected chi connectivity index (χ2v) is 4.81. The van der Waals surface area contributed by atoms with Gasteiger partial charge in [-0.2, -0.15) is 5.26 Å². The van der Waals surface area contributed by atoms with E-state index in [9.17, 15) is 13.2 Å². The molecule has 1 aromatic rings. The zero-order valence-electron chi connectivity index (χ0n) is 8.75. The van der Waals surface area contributed by atoms with Crippen molar-refractivity contribution in [3.05, 3.63) is 24.0 Å². The van der Waals surface area contributed by atoms with Gasteiger partial charge in [0.1, 0.15) is 11.0 Å². The molecule has 0 saturated carbocycles. The van der Waals surface area contributed by atoms with Gasteiger partial charge in [-0.15, -0.1) is 0 Å². The van der Waals surface area contributed by atoms with Gasteiger partial charge in [0.15, 0.2) is 5.69 Å². The molecule has 0 aromatic carbocycles. The second kappa shape index (κ2) is 5.38. The van der Waals surface area contributed by atoms with Crippen molar-refractivity contribution >= 4 is 15.9 Å². The molecule has 0 aliphatic heterocycles. The first kappa shape index (κ1) is 13.1. The number of hydrogen-bond donors (Lipinski definition) is 2. The van der Waals surface area contributed by atoms with Gasteiger partial charge in [0, 0.05) is 19.2 Å². The van der Waals surface area contributed by atoms with Crippen LogP contribution in [0, 0.1) is 11.3 Å². The number of carbonyl (C=O) groups excluding carboxylic acids is 1. The number of hydrogen-bond acceptors (Lipinski definition) is 5. The molecule has 0 radical (unpaired) electrons. The monoisotopic (exact) mass is 254 g/mol. The number of aromatic nitrogens is 1. The van der Waals surface area contributed by atoms with Gasteiger partial charge in [-0.05, 0) is 12.1 Å². The van der Waals surface area contributed by atoms with E-state index >= 15 is 0 Å². The van der Waals surface area contributed by atoms with E-state index in [0.29, 0.717) is 0 Å². The topological polar surface area (TPSA) is 126 Å². The maximum absolute atomic E-state index is 11.7. The zero-order chi connectivity index (χ0) is 12.9. The lowest BCUT2D eigenvalue weighted by Crippen LogP contribution is -2.28. The Kier molecular flexibility index (Phi) is 4.14. The molecule has 7 nitrogen and oxygen atoms in total. The predicted molar refractivity (Wildman–Crippen MR) is 58.0 cm³/mol. The molecule has 8 heteroatoms. The molecule has 0 aliphatic carbocycles. The van der Waals surface area contributed by atoms with Crippen molar-refractivity contribution in [3.63, 3.8) is 0 Å². The predicted octanol–water partition coefficient (Wildman–Crippen LogP) is -0.893. The molecule has 0 saturated heterocycles. The number of nitrogens with zero attached hydrogens (tertiary/aromatic N) is 2. The van der Waals surface area contributed by atoms with E-state index in [-0.39, 0.29) is 23.6 Å². The summed E-state index contributed by atoms with van der Waals surface area (Å²) in [6.07, 6.45) is 1.21. The van der Waals surface area contributed by atoms with E-state index in [1.54, 1.807) is 6.07 Å². The smallest absolute Gasteiger partial charge is 0.243 e. The largest absolute Gasteiger partial charge is 0.370 e. The molecule has 1 amide bonds. The van der Waals surface area contributed by atoms with Crippen LogP contribution in [0.3, 0.4) is 0 Å². The summed E-state index contributed by atoms with van der Waals surface area (Å²) in [4.78, 5) is 13.9. The Balaban J connectivity index is 2.91. The first-order valence-corrected chi connectivity index (χ1v) is 6.09. The van der Waals surface area contributed by atoms with E-state index in [1.165, 1.54) is 18.3 Å². The first-order chi connectivity index (χ1) is 7.97. The van der Waals surface area contributed by atoms with Crippen LogP contribution in [-0.4, -0.2) is 25.9 Å². The van der Waals surface area contributed by atoms with E-state index in [4.69, 9.17) is 11.0 Å². The number of pyridine rings is 1. The number of nitrogens with one attached hydrogen (secondary N) is 1. The van der Waals surface area contributed by atoms with Crippen LogP contribution in [-0.2, 0) is 14.8 Å². The standard InChI is InChI=1S/C9H10N4O3S/c10-6-7-8(2-1-4-12-7)17(15,16)13-5-3-9(11)14/h1-2,4,13H,3,5H2,(H2,11,14). The minimum atomic E-state index is -3.84. The highest BCUT2D eigenvalue weighted by Gasteiger charge is 2.18. The van der Waals surface area contributed by atoms with E-state index in [2.05, 4.69) is 9.71 Å². The number of nitriles is 1. The number of amides is 1. The molecule has 0 spiro atoms. The van der Waals surface area contributed by atoms with Crippen LogP contribution in [0.4, 0.5) is 0 Å². The third kappa shape index (κ3) is 3.51. The number of nitrogens with two attached hydrogens (primary N) is 1. The van der Waals surface area contributed by atoms with Crippen LogP contribution < -0.4 is 10.5 Å². The Labute approximate surface area is 98.3 Å². The van der Waals surface area contributed by atoms with Crippen molar-refractivity contribution in [3.8, 4) is 6.07 Å². The third-order valence-electron chi connectivity index (χ3n) is 1.83. The molecular formula is C9H10N4O3S. The van der Waals surface area contributed by atoms with Crippen LogP contribution in [0.5, 0.6) is 0 Å². The molecule has 0 atom stereocenters. The second-order valence-electron chi connectivity index (χ2n) is 3.08. The van der Waals surface area contributed by atoms with Crippen molar-refractivity contribution in [2.45, 2.75) is 11.3 Å². The summed E-state index contributed by atoms with van der Waals surface area (Å²) < 4.78 is 25.6. The molecule has 1 rings (SSSR count). The maximum Gasteiger partial charge on any atom is 0.243 e. The third-order valence-corrected chi connectivity index (χ3v) is 3.32. The van der Waals surface area contributed by atoms with E-state index in [1.807, 2.05) is 0 Å². The zero-order valence-corrected chi connectivity index (χ0v) is 9.57. The maximum atomic E-state index is 11.7. The van der Waals surface area contributed by atoms with Gasteiger partial charge in [-0.1, -0.05) is 0 Å². The summed E-state index contributed by atoms with van der Waals surface area (Å²) in [5.74, 6) is -0.612. The highest BCUT2D eigenvalue weighted by atomic mass is 32.2. The van der Waals surface area contributed by atoms with Gasteiger partial charge >= 0.3 is 0 Å². The minimum absolute atomic E-state index is 0.110. The Morgan fingerprint density at radius 1 is 1.59 bits per heavy atom. The van der Waals surface area contributed by atoms with E-state index < -0.39 is 15.9 Å². The summed E-state index contributed by atoms with van der Waals surface area (Å²) in [5.41, 5.74) is 4.68. The number of carbonyl (C=O) groups is 1. The lowest BCUT2D eigenvalue weighted by molar-refractivity contribution is -0.117. The average molecular weight is 254 g/mol. The molecule has 3 N–H and O–H groups in total. The highest BCUT2D eigenvalue weighted by Crippen LogP contribution is 2.11. The summed E-state index contributed by atoms with van der Waals surface area (Å²) in [5, 5.41) is 8.72. The Hall–Kier alpha value is -1.98. The van der Waals surface area contributed by atoms with Crippen molar-refractivity contribution in [1.29, 1.82) is 5.26 Å². The molecule has 1 aromatic heterocycles. The number of sulfonamides is 1. The summed E-state index contributed by atoms with van der Waals surface area (Å²) in [7, 11) is -3.84. The van der Waals surface area contributed by atoms with Crippen LogP contribution in [0.1, 0.15) is 12.1 Å². The van der Waals surface area contributed by atoms with Crippen molar-refractivity contribution in [2.24, 2.45) is 5.73 Å². The van der Waals surface area contributed by atoms with Gasteiger partial charge in [-0.3, -0.25) is 4.79 Å². The van der Waals surface area contributed by atoms with Crippen LogP contribution >= 0.6 is 0 Å². The van der Waals surface area contributed by atoms with Gasteiger partial charge in [0.05, 0.1) is 0 Å². The van der Waals surface area contributed by atoms with Gasteiger partial charge in [0.2, 0.25) is 15.9 Å². The van der Waals surface area contributed by atoms with Crippen LogP contribution in [0.2, 0.25) is 0 Å². The Bertz CT molecular complexity index is 562. The minimum Gasteiger partial charge on any atom is -0.370 e. The van der Waals surface area contributed by atoms with Crippen LogP contribution in [0.25, 0.3) is 0 Å². The van der Waals surface area contributed by atoms with E-state index in [0.717, 1.165) is 0 Å². The summed E-state index contributed by atoms with van der Waals surface area (Å²) in [6, 6.07) is 4.35. The Morgan fingerprint density at radius 2 is 2.29 bits per heavy atom. The summed E-state index contributed by atoms with van der Waals surface area (Å²) >= 11 is 0. The van der Waals surface area contributed by atoms with Gasteiger partial charge in [0.25, 0.3) is 0 Å². The highest BCUT2D eigenvalue weighted by molar-refractivity contribution is 7.89. The lowest BCUT2D eigenvalue weighted by atomic mass is 10.4. The quantitative estimate of drug-likeness (QED) is 0.704. The van der Waals surface area contributed by atoms with Gasteiger partial charge in [-0.25, -0.2) is 18.1 Å². The fourth-order valence-corrected chi connectivity index (χ4v) is 2.21. The fraction of sp³-hybridized carbons (Fsp3) is 0.222. The molecular weight excluding hydrogens is 244 g/mol. The molecule has 0 bridgehead atoms. The number of rotatable bonds is 5. The van der Waals surface area contributed by atoms with Crippen molar-refractivity contribution in [2.75, 3.05) is 6.54 Å². The molecule has 17 heavy (non-hydrogen) atoms. The lowest BCUT2D eigenvalue weighted by Gasteiger charge is -2.06.